The van der Waals surface area contributed by atoms with Gasteiger partial charge in [0.05, 0.1) is 17.0 Å². The number of carbonyl (C=O) groups is 5. The molecule has 0 saturated heterocycles. The molecule has 3 amide bonds. The fourth-order valence-corrected chi connectivity index (χ4v) is 6.59. The van der Waals surface area contributed by atoms with Crippen molar-refractivity contribution in [3.63, 3.8) is 0 Å². The molecule has 1 aliphatic carbocycles. The minimum Gasteiger partial charge on any atom is -0.325 e. The summed E-state index contributed by atoms with van der Waals surface area (Å²) in [4.78, 5) is 66.8. The normalized spacial score (nSPS) is 12.1. The van der Waals surface area contributed by atoms with Crippen LogP contribution in [0.4, 0.5) is 11.4 Å². The van der Waals surface area contributed by atoms with Crippen LogP contribution in [0.1, 0.15) is 47.8 Å². The van der Waals surface area contributed by atoms with Gasteiger partial charge >= 0.3 is 0 Å². The van der Waals surface area contributed by atoms with Crippen LogP contribution in [0.3, 0.4) is 0 Å². The lowest BCUT2D eigenvalue weighted by atomic mass is 9.83. The van der Waals surface area contributed by atoms with Crippen LogP contribution in [0.15, 0.2) is 150 Å². The van der Waals surface area contributed by atoms with Gasteiger partial charge < -0.3 is 16.0 Å². The van der Waals surface area contributed by atoms with Crippen molar-refractivity contribution in [2.24, 2.45) is 0 Å². The third-order valence-corrected chi connectivity index (χ3v) is 9.37. The van der Waals surface area contributed by atoms with Crippen LogP contribution in [0.5, 0.6) is 0 Å². The molecule has 8 nitrogen and oxygen atoms in total. The van der Waals surface area contributed by atoms with Crippen LogP contribution in [-0.2, 0) is 9.59 Å². The van der Waals surface area contributed by atoms with Crippen molar-refractivity contribution >= 4 is 69.3 Å². The number of anilines is 2. The second-order valence-corrected chi connectivity index (χ2v) is 12.7. The minimum absolute atomic E-state index is 0.0392. The highest BCUT2D eigenvalue weighted by Gasteiger charge is 2.31. The highest BCUT2D eigenvalue weighted by molar-refractivity contribution is 8.00. The zero-order chi connectivity index (χ0) is 35.3. The largest absolute Gasteiger partial charge is 0.325 e. The Labute approximate surface area is 297 Å². The molecular weight excluding hydrogens is 659 g/mol. The molecule has 0 radical (unpaired) electrons. The monoisotopic (exact) mass is 687 g/mol. The van der Waals surface area contributed by atoms with E-state index in [1.54, 1.807) is 97.1 Å². The molecule has 6 aromatic rings. The number of benzene rings is 6. The van der Waals surface area contributed by atoms with Gasteiger partial charge in [0.25, 0.3) is 11.8 Å². The number of amides is 3. The van der Waals surface area contributed by atoms with E-state index in [1.165, 1.54) is 11.8 Å². The Morgan fingerprint density at radius 1 is 0.608 bits per heavy atom. The molecule has 0 aliphatic heterocycles. The van der Waals surface area contributed by atoms with Gasteiger partial charge in [0, 0.05) is 32.8 Å². The van der Waals surface area contributed by atoms with Gasteiger partial charge in [-0.2, -0.15) is 0 Å². The van der Waals surface area contributed by atoms with Crippen LogP contribution in [-0.4, -0.2) is 35.0 Å². The maximum Gasteiger partial charge on any atom is 0.272 e. The summed E-state index contributed by atoms with van der Waals surface area (Å²) < 4.78 is 0. The van der Waals surface area contributed by atoms with E-state index in [1.807, 2.05) is 48.5 Å². The van der Waals surface area contributed by atoms with Crippen molar-refractivity contribution in [2.75, 3.05) is 16.4 Å². The van der Waals surface area contributed by atoms with Crippen LogP contribution >= 0.6 is 11.8 Å². The molecule has 3 N–H and O–H groups in total. The molecule has 0 atom stereocenters. The quantitative estimate of drug-likeness (QED) is 0.105. The van der Waals surface area contributed by atoms with Crippen molar-refractivity contribution in [3.8, 4) is 0 Å². The SMILES string of the molecule is O=C(CSc1ccc(NC(=O)/C(=C/c2cccc3ccccc23)NC(=O)c2ccccc2)cc1)Nc1cccc2c1C(=O)c1ccccc1C2=O. The molecule has 6 aromatic carbocycles. The third-order valence-electron chi connectivity index (χ3n) is 8.36. The fourth-order valence-electron chi connectivity index (χ4n) is 5.89. The molecule has 0 unspecified atom stereocenters. The van der Waals surface area contributed by atoms with Crippen molar-refractivity contribution in [2.45, 2.75) is 4.90 Å². The zero-order valence-corrected chi connectivity index (χ0v) is 27.8. The van der Waals surface area contributed by atoms with Gasteiger partial charge in [0.15, 0.2) is 11.6 Å². The summed E-state index contributed by atoms with van der Waals surface area (Å²) in [6.45, 7) is 0. The number of ketones is 2. The third kappa shape index (κ3) is 7.10. The number of nitrogens with one attached hydrogen (secondary N) is 3. The van der Waals surface area contributed by atoms with Crippen LogP contribution in [0, 0.1) is 0 Å². The summed E-state index contributed by atoms with van der Waals surface area (Å²) in [6, 6.07) is 40.7. The summed E-state index contributed by atoms with van der Waals surface area (Å²) >= 11 is 1.27. The predicted octanol–water partition coefficient (Wildman–Crippen LogP) is 7.76. The first-order valence-electron chi connectivity index (χ1n) is 16.1. The molecule has 51 heavy (non-hydrogen) atoms. The van der Waals surface area contributed by atoms with Crippen LogP contribution < -0.4 is 16.0 Å². The Balaban J connectivity index is 1.03. The second kappa shape index (κ2) is 14.5. The molecule has 0 saturated carbocycles. The van der Waals surface area contributed by atoms with E-state index < -0.39 is 11.8 Å². The molecule has 0 bridgehead atoms. The molecular formula is C42H29N3O5S. The standard InChI is InChI=1S/C42H29N3O5S/c46-37(44-35-19-9-18-34-38(35)40(48)33-17-7-6-16-32(33)39(34)47)25-51-30-22-20-29(21-23-30)43-42(50)36(45-41(49)27-11-2-1-3-12-27)24-28-14-8-13-26-10-4-5-15-31(26)28/h1-24H,25H2,(H,43,50)(H,44,46)(H,45,49)/b36-24-. The number of hydrogen-bond acceptors (Lipinski definition) is 6. The molecule has 248 valence electrons. The maximum atomic E-state index is 13.6. The van der Waals surface area contributed by atoms with Gasteiger partial charge in [-0.25, -0.2) is 0 Å². The van der Waals surface area contributed by atoms with Crippen LogP contribution in [0.25, 0.3) is 16.8 Å². The smallest absolute Gasteiger partial charge is 0.272 e. The second-order valence-electron chi connectivity index (χ2n) is 11.7. The first-order chi connectivity index (χ1) is 24.9. The topological polar surface area (TPSA) is 121 Å². The molecule has 9 heteroatoms. The summed E-state index contributed by atoms with van der Waals surface area (Å²) in [7, 11) is 0. The lowest BCUT2D eigenvalue weighted by Crippen LogP contribution is -2.30. The Kier molecular flexibility index (Phi) is 9.36. The summed E-state index contributed by atoms with van der Waals surface area (Å²) in [5.74, 6) is -1.80. The van der Waals surface area contributed by atoms with Gasteiger partial charge in [-0.3, -0.25) is 24.0 Å². The van der Waals surface area contributed by atoms with E-state index in [0.717, 1.165) is 21.2 Å². The van der Waals surface area contributed by atoms with Gasteiger partial charge in [-0.05, 0) is 64.9 Å². The summed E-state index contributed by atoms with van der Waals surface area (Å²) in [5, 5.41) is 10.4. The van der Waals surface area contributed by atoms with Gasteiger partial charge in [0.1, 0.15) is 5.70 Å². The predicted molar refractivity (Wildman–Crippen MR) is 200 cm³/mol. The summed E-state index contributed by atoms with van der Waals surface area (Å²) in [6.07, 6.45) is 1.66. The number of rotatable bonds is 9. The Hall–Kier alpha value is -6.58. The fraction of sp³-hybridized carbons (Fsp3) is 0.0238. The Morgan fingerprint density at radius 3 is 2.04 bits per heavy atom. The van der Waals surface area contributed by atoms with Gasteiger partial charge in [-0.15, -0.1) is 11.8 Å². The van der Waals surface area contributed by atoms with E-state index in [2.05, 4.69) is 16.0 Å². The highest BCUT2D eigenvalue weighted by atomic mass is 32.2. The number of hydrogen-bond donors (Lipinski definition) is 3. The first kappa shape index (κ1) is 32.9. The molecule has 1 aliphatic rings. The molecule has 0 fully saturated rings. The van der Waals surface area contributed by atoms with E-state index in [0.29, 0.717) is 22.4 Å². The Bertz CT molecular complexity index is 2380. The van der Waals surface area contributed by atoms with Gasteiger partial charge in [-0.1, -0.05) is 97.1 Å². The zero-order valence-electron chi connectivity index (χ0n) is 27.0. The maximum absolute atomic E-state index is 13.6. The molecule has 0 aromatic heterocycles. The van der Waals surface area contributed by atoms with E-state index in [-0.39, 0.29) is 45.7 Å². The Morgan fingerprint density at radius 2 is 1.25 bits per heavy atom. The van der Waals surface area contributed by atoms with Crippen molar-refractivity contribution in [1.29, 1.82) is 0 Å². The molecule has 0 spiro atoms. The van der Waals surface area contributed by atoms with E-state index in [9.17, 15) is 24.0 Å². The van der Waals surface area contributed by atoms with Crippen molar-refractivity contribution < 1.29 is 24.0 Å². The van der Waals surface area contributed by atoms with E-state index >= 15 is 0 Å². The molecule has 0 heterocycles. The first-order valence-corrected chi connectivity index (χ1v) is 17.1. The molecule has 7 rings (SSSR count). The average molecular weight is 688 g/mol. The highest BCUT2D eigenvalue weighted by Crippen LogP contribution is 2.32. The van der Waals surface area contributed by atoms with Gasteiger partial charge in [0.2, 0.25) is 5.91 Å². The minimum atomic E-state index is -0.506. The number of carbonyl (C=O) groups excluding carboxylic acids is 5. The van der Waals surface area contributed by atoms with Crippen LogP contribution in [0.2, 0.25) is 0 Å². The van der Waals surface area contributed by atoms with Crippen molar-refractivity contribution in [3.05, 3.63) is 179 Å². The van der Waals surface area contributed by atoms with Crippen molar-refractivity contribution in [1.82, 2.24) is 5.32 Å². The number of fused-ring (bicyclic) bond motifs is 3. The average Bonchev–Trinajstić information content (AvgIpc) is 3.16. The lowest BCUT2D eigenvalue weighted by molar-refractivity contribution is -0.114. The number of thioether (sulfide) groups is 1. The van der Waals surface area contributed by atoms with E-state index in [4.69, 9.17) is 0 Å². The lowest BCUT2D eigenvalue weighted by Gasteiger charge is -2.20. The summed E-state index contributed by atoms with van der Waals surface area (Å²) in [5.41, 5.74) is 3.15.